The number of halogens is 1. The molecule has 20 nitrogen and oxygen atoms in total. The van der Waals surface area contributed by atoms with E-state index in [-0.39, 0.29) is 60.8 Å². The van der Waals surface area contributed by atoms with Crippen LogP contribution in [0.25, 0.3) is 54.6 Å². The molecule has 0 aliphatic rings. The van der Waals surface area contributed by atoms with E-state index in [0.717, 1.165) is 72.0 Å². The number of benzene rings is 4. The van der Waals surface area contributed by atoms with E-state index in [1.54, 1.807) is 38.1 Å². The topological polar surface area (TPSA) is 253 Å². The quantitative estimate of drug-likeness (QED) is 0.0325. The van der Waals surface area contributed by atoms with Gasteiger partial charge in [0.1, 0.15) is 28.6 Å². The first-order valence-electron chi connectivity index (χ1n) is 28.2. The van der Waals surface area contributed by atoms with Gasteiger partial charge in [-0.25, -0.2) is 19.7 Å². The van der Waals surface area contributed by atoms with Crippen molar-refractivity contribution < 1.29 is 48.5 Å². The molecule has 4 aromatic carbocycles. The molecule has 452 valence electrons. The van der Waals surface area contributed by atoms with Crippen LogP contribution in [0, 0.1) is 40.8 Å². The average molecular weight is 1250 g/mol. The molecule has 10 rings (SSSR count). The predicted octanol–water partition coefficient (Wildman–Crippen LogP) is 12.2. The number of aliphatic hydroxyl groups is 2. The molecule has 6 aromatic heterocycles. The number of aromatic hydroxyl groups is 1. The molecule has 88 heavy (non-hydrogen) atoms. The molecule has 0 aliphatic carbocycles. The second kappa shape index (κ2) is 31.2. The molecule has 0 fully saturated rings. The van der Waals surface area contributed by atoms with Crippen molar-refractivity contribution in [2.75, 3.05) is 13.2 Å². The summed E-state index contributed by atoms with van der Waals surface area (Å²) in [4.78, 5) is 42.6. The molecular weight excluding hydrogens is 1180 g/mol. The van der Waals surface area contributed by atoms with Crippen molar-refractivity contribution in [2.24, 2.45) is 0 Å². The minimum Gasteiger partial charge on any atom is -0.503 e. The minimum atomic E-state index is -0.301. The molecule has 2 atom stereocenters. The Labute approximate surface area is 520 Å². The van der Waals surface area contributed by atoms with Crippen LogP contribution < -0.4 is 20.1 Å². The number of aromatic nitrogens is 6. The number of hydrogen-bond acceptors (Lipinski definition) is 14. The van der Waals surface area contributed by atoms with Crippen LogP contribution in [0.15, 0.2) is 148 Å². The zero-order chi connectivity index (χ0) is 63.6. The Hall–Kier alpha value is -9.58. The van der Waals surface area contributed by atoms with Gasteiger partial charge in [-0.3, -0.25) is 9.59 Å². The fourth-order valence-corrected chi connectivity index (χ4v) is 9.95. The Morgan fingerprint density at radius 3 is 1.47 bits per heavy atom. The number of carbonyl (C=O) groups is 2. The smallest absolute Gasteiger partial charge is 0.277 e. The van der Waals surface area contributed by atoms with Crippen molar-refractivity contribution in [3.8, 4) is 50.9 Å². The highest BCUT2D eigenvalue weighted by Gasteiger charge is 2.21. The van der Waals surface area contributed by atoms with Gasteiger partial charge in [0.2, 0.25) is 23.2 Å². The lowest BCUT2D eigenvalue weighted by Crippen LogP contribution is -2.37. The van der Waals surface area contributed by atoms with Crippen molar-refractivity contribution >= 4 is 58.5 Å². The lowest BCUT2D eigenvalue weighted by atomic mass is 10.0. The third-order valence-electron chi connectivity index (χ3n) is 13.7. The van der Waals surface area contributed by atoms with Crippen molar-refractivity contribution in [3.05, 3.63) is 206 Å². The number of aliphatic hydroxyl groups excluding tert-OH is 2. The Morgan fingerprint density at radius 2 is 1.08 bits per heavy atom. The second-order valence-electron chi connectivity index (χ2n) is 21.0. The molecule has 0 bridgehead atoms. The van der Waals surface area contributed by atoms with E-state index in [4.69, 9.17) is 47.2 Å². The molecule has 0 spiro atoms. The number of rotatable bonds is 19. The van der Waals surface area contributed by atoms with Gasteiger partial charge in [-0.1, -0.05) is 58.8 Å². The molecule has 22 heteroatoms. The van der Waals surface area contributed by atoms with E-state index in [9.17, 15) is 19.8 Å². The fourth-order valence-electron chi connectivity index (χ4n) is 9.50. The van der Waals surface area contributed by atoms with Crippen LogP contribution >= 0.6 is 15.9 Å². The van der Waals surface area contributed by atoms with Crippen LogP contribution in [0.5, 0.6) is 17.2 Å². The Morgan fingerprint density at radius 1 is 0.636 bits per heavy atom. The normalized spacial score (nSPS) is 11.5. The summed E-state index contributed by atoms with van der Waals surface area (Å²) in [5.74, 6) is 1.71. The van der Waals surface area contributed by atoms with E-state index in [2.05, 4.69) is 59.1 Å². The summed E-state index contributed by atoms with van der Waals surface area (Å²) in [6, 6.07) is 33.2. The highest BCUT2D eigenvalue weighted by Crippen LogP contribution is 2.34. The number of imidazole rings is 2. The first-order chi connectivity index (χ1) is 42.4. The summed E-state index contributed by atoms with van der Waals surface area (Å²) in [6.45, 7) is 29.5. The van der Waals surface area contributed by atoms with E-state index in [0.29, 0.717) is 65.5 Å². The SMILES string of the molecule is Cc1noc(C)c1O.[B]O.[C-]#[N+]c1cc(C(=O)N[C@H](CCO)Cc2ccc(-c3cn4cccc(-c5c(C)noc5C)c4n3)cc2)ccc1OC(C)C.[C-]#[N+]c1cc(C(=O)N[C@H](CCO)Cc2ccc(-c3cn4cccc(Br)c4n3)cc2)ccc1OC(C)C. The minimum absolute atomic E-state index is 0.0480. The van der Waals surface area contributed by atoms with Crippen LogP contribution in [0.1, 0.15) is 95.3 Å². The summed E-state index contributed by atoms with van der Waals surface area (Å²) >= 11 is 3.53. The van der Waals surface area contributed by atoms with E-state index >= 15 is 0 Å². The van der Waals surface area contributed by atoms with Crippen LogP contribution in [-0.4, -0.2) is 107 Å². The zero-order valence-electron chi connectivity index (χ0n) is 50.0. The number of nitrogens with zero attached hydrogens (tertiary/aromatic N) is 8. The molecule has 0 saturated heterocycles. The Bertz CT molecular complexity index is 4030. The maximum atomic E-state index is 13.0. The molecule has 2 amide bonds. The molecule has 6 N–H and O–H groups in total. The van der Waals surface area contributed by atoms with Gasteiger partial charge in [0, 0.05) is 84.8 Å². The summed E-state index contributed by atoms with van der Waals surface area (Å²) in [5.41, 5.74) is 12.0. The number of ether oxygens (including phenoxy) is 2. The van der Waals surface area contributed by atoms with Crippen molar-refractivity contribution in [3.63, 3.8) is 0 Å². The standard InChI is InChI=1S/C33H33N5O4.C28H27BrN4O3.C5H7NO2.BHO/c1-20(2)41-30-13-12-25(18-28(30)34-5)33(40)35-26(14-16-39)17-23-8-10-24(11-9-23)29-19-38-15-6-7-27(32(38)36-29)31-21(3)37-42-22(31)4;1-18(2)36-26-11-10-21(16-24(26)30-3)28(35)31-22(12-14-34)15-19-6-8-20(9-7-19)25-17-33-13-4-5-23(29)27(33)32-25;1-3-5(7)4(2)8-6-3;1-2/h6-13,15,18-20,26,39H,14,16-17H2,1-4H3,(H,35,40);4-11,13,16-18,22,34H,12,14-15H2,1-2H3,(H,31,35);7H,1-2H3;2H/t26-;22-;;/m11../s1. The van der Waals surface area contributed by atoms with Crippen molar-refractivity contribution in [1.82, 2.24) is 39.7 Å². The monoisotopic (exact) mass is 1250 g/mol. The van der Waals surface area contributed by atoms with Gasteiger partial charge in [-0.05, 0) is 162 Å². The van der Waals surface area contributed by atoms with Crippen molar-refractivity contribution in [2.45, 2.75) is 105 Å². The fraction of sp³-hybridized carbons (Fsp3) is 0.273. The highest BCUT2D eigenvalue weighted by atomic mass is 79.9. The first-order valence-corrected chi connectivity index (χ1v) is 29.0. The van der Waals surface area contributed by atoms with Gasteiger partial charge in [0.05, 0.1) is 52.5 Å². The molecule has 10 aromatic rings. The third kappa shape index (κ3) is 16.9. The first kappa shape index (κ1) is 66.0. The van der Waals surface area contributed by atoms with E-state index in [1.807, 2.05) is 148 Å². The maximum absolute atomic E-state index is 13.0. The second-order valence-corrected chi connectivity index (χ2v) is 21.8. The average Bonchev–Trinajstić information content (AvgIpc) is 2.23. The van der Waals surface area contributed by atoms with Crippen LogP contribution in [0.2, 0.25) is 0 Å². The van der Waals surface area contributed by atoms with Gasteiger partial charge < -0.3 is 58.3 Å². The number of hydrogen-bond donors (Lipinski definition) is 6. The molecule has 2 radical (unpaired) electrons. The van der Waals surface area contributed by atoms with Gasteiger partial charge in [0.25, 0.3) is 8.05 Å². The molecule has 0 aliphatic heterocycles. The molecule has 0 saturated carbocycles. The number of pyridine rings is 2. The summed E-state index contributed by atoms with van der Waals surface area (Å²) in [5, 5.41) is 48.2. The van der Waals surface area contributed by atoms with Gasteiger partial charge in [0.15, 0.2) is 17.2 Å². The summed E-state index contributed by atoms with van der Waals surface area (Å²) in [7, 11) is 3.50. The van der Waals surface area contributed by atoms with Gasteiger partial charge >= 0.3 is 0 Å². The number of amides is 2. The van der Waals surface area contributed by atoms with E-state index in [1.165, 1.54) is 12.1 Å². The third-order valence-corrected chi connectivity index (χ3v) is 14.3. The van der Waals surface area contributed by atoms with Crippen LogP contribution in [0.3, 0.4) is 0 Å². The largest absolute Gasteiger partial charge is 0.503 e. The predicted molar refractivity (Wildman–Crippen MR) is 340 cm³/mol. The molecule has 6 heterocycles. The van der Waals surface area contributed by atoms with Crippen LogP contribution in [0.4, 0.5) is 11.4 Å². The summed E-state index contributed by atoms with van der Waals surface area (Å²) < 4.78 is 26.2. The van der Waals surface area contributed by atoms with Gasteiger partial charge in [-0.2, -0.15) is 0 Å². The molecule has 0 unspecified atom stereocenters. The van der Waals surface area contributed by atoms with Gasteiger partial charge in [-0.15, -0.1) is 0 Å². The van der Waals surface area contributed by atoms with Crippen LogP contribution in [-0.2, 0) is 12.8 Å². The maximum Gasteiger partial charge on any atom is 0.277 e. The summed E-state index contributed by atoms with van der Waals surface area (Å²) in [6.07, 6.45) is 9.67. The number of aryl methyl sites for hydroxylation is 4. The number of fused-ring (bicyclic) bond motifs is 2. The number of carbonyl (C=O) groups excluding carboxylic acids is 2. The zero-order valence-corrected chi connectivity index (χ0v) is 51.6. The lowest BCUT2D eigenvalue weighted by Gasteiger charge is -2.19. The lowest BCUT2D eigenvalue weighted by molar-refractivity contribution is 0.0921. The number of nitrogens with one attached hydrogen (secondary N) is 2. The Balaban J connectivity index is 0.000000219. The Kier molecular flexibility index (Phi) is 23.4. The molecular formula is C66H68BBrN10O10. The highest BCUT2D eigenvalue weighted by molar-refractivity contribution is 9.10. The van der Waals surface area contributed by atoms with E-state index < -0.39 is 0 Å². The van der Waals surface area contributed by atoms with Crippen molar-refractivity contribution in [1.29, 1.82) is 0 Å².